The molecule has 1 heterocycles. The molecule has 0 saturated carbocycles. The molecule has 11 heteroatoms. The summed E-state index contributed by atoms with van der Waals surface area (Å²) >= 11 is 1.05. The van der Waals surface area contributed by atoms with Crippen molar-refractivity contribution in [3.8, 4) is 0 Å². The lowest BCUT2D eigenvalue weighted by atomic mass is 10.2. The lowest BCUT2D eigenvalue weighted by Crippen LogP contribution is -2.41. The third kappa shape index (κ3) is 7.47. The van der Waals surface area contributed by atoms with Crippen LogP contribution in [0.4, 0.5) is 4.79 Å². The molecule has 0 atom stereocenters. The van der Waals surface area contributed by atoms with Crippen LogP contribution in [-0.2, 0) is 30.9 Å². The summed E-state index contributed by atoms with van der Waals surface area (Å²) in [7, 11) is -3.66. The zero-order chi connectivity index (χ0) is 20.4. The molecule has 0 aliphatic carbocycles. The Labute approximate surface area is 166 Å². The molecule has 0 bridgehead atoms. The van der Waals surface area contributed by atoms with Crippen LogP contribution >= 0.6 is 11.3 Å². The highest BCUT2D eigenvalue weighted by Crippen LogP contribution is 2.14. The molecule has 0 aliphatic heterocycles. The Kier molecular flexibility index (Phi) is 8.11. The number of esters is 1. The van der Waals surface area contributed by atoms with Crippen LogP contribution < -0.4 is 15.4 Å². The molecule has 0 fully saturated rings. The minimum Gasteiger partial charge on any atom is -0.456 e. The maximum Gasteiger partial charge on any atom is 0.321 e. The van der Waals surface area contributed by atoms with E-state index in [2.05, 4.69) is 10.0 Å². The van der Waals surface area contributed by atoms with Crippen LogP contribution in [0.25, 0.3) is 0 Å². The van der Waals surface area contributed by atoms with Gasteiger partial charge in [0.1, 0.15) is 4.21 Å². The number of hydrogen-bond acceptors (Lipinski definition) is 7. The largest absolute Gasteiger partial charge is 0.456 e. The van der Waals surface area contributed by atoms with E-state index in [1.165, 1.54) is 6.07 Å². The molecule has 1 aromatic heterocycles. The van der Waals surface area contributed by atoms with Crippen molar-refractivity contribution in [1.82, 2.24) is 15.4 Å². The molecule has 0 radical (unpaired) electrons. The van der Waals surface area contributed by atoms with Gasteiger partial charge in [-0.1, -0.05) is 36.4 Å². The summed E-state index contributed by atoms with van der Waals surface area (Å²) in [6.45, 7) is -0.572. The van der Waals surface area contributed by atoms with E-state index in [-0.39, 0.29) is 23.7 Å². The SMILES string of the molecule is O=C(COC(=O)CCNS(=O)(=O)c1cccs1)NC(=O)NCc1ccccc1. The molecule has 1 aromatic carbocycles. The van der Waals surface area contributed by atoms with Crippen molar-refractivity contribution in [1.29, 1.82) is 0 Å². The number of hydrogen-bond donors (Lipinski definition) is 3. The highest BCUT2D eigenvalue weighted by molar-refractivity contribution is 7.91. The second-order valence-corrected chi connectivity index (χ2v) is 8.40. The molecule has 2 rings (SSSR count). The second-order valence-electron chi connectivity index (χ2n) is 5.46. The topological polar surface area (TPSA) is 131 Å². The third-order valence-electron chi connectivity index (χ3n) is 3.29. The van der Waals surface area contributed by atoms with Crippen LogP contribution in [0.1, 0.15) is 12.0 Å². The number of amides is 3. The summed E-state index contributed by atoms with van der Waals surface area (Å²) in [6, 6.07) is 11.4. The lowest BCUT2D eigenvalue weighted by molar-refractivity contribution is -0.148. The first-order valence-corrected chi connectivity index (χ1v) is 10.5. The summed E-state index contributed by atoms with van der Waals surface area (Å²) in [5, 5.41) is 6.15. The first-order chi connectivity index (χ1) is 13.4. The monoisotopic (exact) mass is 425 g/mol. The number of benzene rings is 1. The molecule has 2 aromatic rings. The van der Waals surface area contributed by atoms with Crippen LogP contribution in [0.3, 0.4) is 0 Å². The summed E-state index contributed by atoms with van der Waals surface area (Å²) in [5.41, 5.74) is 0.863. The predicted octanol–water partition coefficient (Wildman–Crippen LogP) is 0.986. The van der Waals surface area contributed by atoms with Gasteiger partial charge >= 0.3 is 12.0 Å². The van der Waals surface area contributed by atoms with E-state index in [9.17, 15) is 22.8 Å². The van der Waals surface area contributed by atoms with E-state index in [1.54, 1.807) is 11.4 Å². The Morgan fingerprint density at radius 3 is 2.46 bits per heavy atom. The maximum absolute atomic E-state index is 11.9. The number of ether oxygens (including phenoxy) is 1. The first-order valence-electron chi connectivity index (χ1n) is 8.17. The molecule has 28 heavy (non-hydrogen) atoms. The Balaban J connectivity index is 1.61. The predicted molar refractivity (Wildman–Crippen MR) is 102 cm³/mol. The van der Waals surface area contributed by atoms with E-state index in [1.807, 2.05) is 35.6 Å². The standard InChI is InChI=1S/C17H19N3O6S2/c21-14(20-17(23)18-11-13-5-2-1-3-6-13)12-26-15(22)8-9-19-28(24,25)16-7-4-10-27-16/h1-7,10,19H,8-9,11-12H2,(H2,18,20,21,23). The molecule has 3 N–H and O–H groups in total. The smallest absolute Gasteiger partial charge is 0.321 e. The lowest BCUT2D eigenvalue weighted by Gasteiger charge is -2.08. The van der Waals surface area contributed by atoms with E-state index >= 15 is 0 Å². The van der Waals surface area contributed by atoms with Gasteiger partial charge in [0.25, 0.3) is 5.91 Å². The zero-order valence-electron chi connectivity index (χ0n) is 14.7. The fourth-order valence-electron chi connectivity index (χ4n) is 1.98. The number of carbonyl (C=O) groups is 3. The van der Waals surface area contributed by atoms with Gasteiger partial charge < -0.3 is 10.1 Å². The van der Waals surface area contributed by atoms with E-state index in [4.69, 9.17) is 4.74 Å². The molecule has 0 aliphatic rings. The zero-order valence-corrected chi connectivity index (χ0v) is 16.3. The van der Waals surface area contributed by atoms with Gasteiger partial charge in [0.15, 0.2) is 6.61 Å². The van der Waals surface area contributed by atoms with E-state index in [0.29, 0.717) is 0 Å². The number of urea groups is 1. The molecule has 3 amide bonds. The molecule has 150 valence electrons. The number of nitrogens with one attached hydrogen (secondary N) is 3. The molecule has 0 spiro atoms. The summed E-state index contributed by atoms with van der Waals surface area (Å²) in [5.74, 6) is -1.56. The average Bonchev–Trinajstić information content (AvgIpc) is 3.21. The number of carbonyl (C=O) groups excluding carboxylic acids is 3. The van der Waals surface area contributed by atoms with Gasteiger partial charge in [0.05, 0.1) is 6.42 Å². The van der Waals surface area contributed by atoms with Crippen molar-refractivity contribution in [3.63, 3.8) is 0 Å². The molecule has 9 nitrogen and oxygen atoms in total. The molecule has 0 saturated heterocycles. The summed E-state index contributed by atoms with van der Waals surface area (Å²) < 4.78 is 30.8. The molecular formula is C17H19N3O6S2. The Morgan fingerprint density at radius 1 is 1.04 bits per heavy atom. The van der Waals surface area contributed by atoms with Crippen molar-refractivity contribution < 1.29 is 27.5 Å². The van der Waals surface area contributed by atoms with Gasteiger partial charge in [0, 0.05) is 13.1 Å². The van der Waals surface area contributed by atoms with Crippen LogP contribution in [0.5, 0.6) is 0 Å². The van der Waals surface area contributed by atoms with Gasteiger partial charge in [0.2, 0.25) is 10.0 Å². The average molecular weight is 425 g/mol. The van der Waals surface area contributed by atoms with Crippen LogP contribution in [0.15, 0.2) is 52.1 Å². The van der Waals surface area contributed by atoms with Gasteiger partial charge in [-0.05, 0) is 17.0 Å². The van der Waals surface area contributed by atoms with E-state index < -0.39 is 34.5 Å². The van der Waals surface area contributed by atoms with Crippen LogP contribution in [-0.4, -0.2) is 39.5 Å². The second kappa shape index (κ2) is 10.5. The maximum atomic E-state index is 11.9. The molecule has 0 unspecified atom stereocenters. The van der Waals surface area contributed by atoms with Crippen molar-refractivity contribution in [2.45, 2.75) is 17.2 Å². The Bertz CT molecular complexity index is 898. The molecular weight excluding hydrogens is 406 g/mol. The van der Waals surface area contributed by atoms with Crippen molar-refractivity contribution in [2.24, 2.45) is 0 Å². The fourth-order valence-corrected chi connectivity index (χ4v) is 4.05. The minimum absolute atomic E-state index is 0.141. The third-order valence-corrected chi connectivity index (χ3v) is 6.15. The van der Waals surface area contributed by atoms with Gasteiger partial charge in [-0.25, -0.2) is 17.9 Å². The van der Waals surface area contributed by atoms with Crippen LogP contribution in [0.2, 0.25) is 0 Å². The number of rotatable bonds is 9. The van der Waals surface area contributed by atoms with Gasteiger partial charge in [-0.3, -0.25) is 14.9 Å². The van der Waals surface area contributed by atoms with Gasteiger partial charge in [-0.15, -0.1) is 11.3 Å². The fraction of sp³-hybridized carbons (Fsp3) is 0.235. The van der Waals surface area contributed by atoms with E-state index in [0.717, 1.165) is 16.9 Å². The van der Waals surface area contributed by atoms with Crippen molar-refractivity contribution >= 4 is 39.3 Å². The number of imide groups is 1. The highest BCUT2D eigenvalue weighted by Gasteiger charge is 2.16. The normalized spacial score (nSPS) is 10.9. The highest BCUT2D eigenvalue weighted by atomic mass is 32.2. The number of thiophene rings is 1. The summed E-state index contributed by atoms with van der Waals surface area (Å²) in [6.07, 6.45) is -0.252. The van der Waals surface area contributed by atoms with Gasteiger partial charge in [-0.2, -0.15) is 0 Å². The Morgan fingerprint density at radius 2 is 1.79 bits per heavy atom. The minimum atomic E-state index is -3.66. The van der Waals surface area contributed by atoms with Crippen LogP contribution in [0, 0.1) is 0 Å². The van der Waals surface area contributed by atoms with Crippen molar-refractivity contribution in [3.05, 3.63) is 53.4 Å². The first kappa shape index (κ1) is 21.5. The quantitative estimate of drug-likeness (QED) is 0.514. The van der Waals surface area contributed by atoms with Crippen molar-refractivity contribution in [2.75, 3.05) is 13.2 Å². The summed E-state index contributed by atoms with van der Waals surface area (Å²) in [4.78, 5) is 34.8. The number of sulfonamides is 1. The Hall–Kier alpha value is -2.76.